The Labute approximate surface area is 117 Å². The Kier molecular flexibility index (Phi) is 4.23. The summed E-state index contributed by atoms with van der Waals surface area (Å²) in [7, 11) is 0. The van der Waals surface area contributed by atoms with Crippen molar-refractivity contribution in [2.45, 2.75) is 20.0 Å². The summed E-state index contributed by atoms with van der Waals surface area (Å²) in [6, 6.07) is 5.00. The molecule has 0 saturated carbocycles. The van der Waals surface area contributed by atoms with Gasteiger partial charge in [0, 0.05) is 19.5 Å². The maximum Gasteiger partial charge on any atom is 0.283 e. The molecule has 0 bridgehead atoms. The minimum absolute atomic E-state index is 0.0507. The summed E-state index contributed by atoms with van der Waals surface area (Å²) >= 11 is 3.14. The van der Waals surface area contributed by atoms with Crippen molar-refractivity contribution in [1.29, 1.82) is 0 Å². The number of hydrogen-bond acceptors (Lipinski definition) is 6. The number of aromatic nitrogens is 2. The van der Waals surface area contributed by atoms with Gasteiger partial charge in [-0.3, -0.25) is 10.1 Å². The number of halogens is 1. The summed E-state index contributed by atoms with van der Waals surface area (Å²) in [5.74, 6) is 1.07. The summed E-state index contributed by atoms with van der Waals surface area (Å²) < 4.78 is 5.30. The van der Waals surface area contributed by atoms with Crippen LogP contribution in [0.25, 0.3) is 0 Å². The smallest absolute Gasteiger partial charge is 0.283 e. The van der Waals surface area contributed by atoms with Crippen molar-refractivity contribution in [3.8, 4) is 0 Å². The fourth-order valence-electron chi connectivity index (χ4n) is 1.54. The van der Waals surface area contributed by atoms with Gasteiger partial charge in [0.1, 0.15) is 0 Å². The largest absolute Gasteiger partial charge is 0.340 e. The zero-order valence-corrected chi connectivity index (χ0v) is 11.7. The van der Waals surface area contributed by atoms with Crippen LogP contribution in [-0.2, 0) is 13.1 Å². The molecule has 0 aliphatic rings. The first kappa shape index (κ1) is 13.6. The van der Waals surface area contributed by atoms with Gasteiger partial charge in [0.2, 0.25) is 5.89 Å². The normalized spacial score (nSPS) is 10.6. The van der Waals surface area contributed by atoms with E-state index in [9.17, 15) is 10.1 Å². The Hall–Kier alpha value is -1.80. The third kappa shape index (κ3) is 3.58. The van der Waals surface area contributed by atoms with Gasteiger partial charge < -0.3 is 9.84 Å². The molecule has 7 nitrogen and oxygen atoms in total. The van der Waals surface area contributed by atoms with Crippen molar-refractivity contribution in [2.75, 3.05) is 0 Å². The average molecular weight is 327 g/mol. The molecule has 100 valence electrons. The van der Waals surface area contributed by atoms with Crippen LogP contribution < -0.4 is 5.32 Å². The summed E-state index contributed by atoms with van der Waals surface area (Å²) in [6.45, 7) is 2.65. The third-order valence-electron chi connectivity index (χ3n) is 2.39. The van der Waals surface area contributed by atoms with E-state index in [1.54, 1.807) is 13.0 Å². The van der Waals surface area contributed by atoms with Gasteiger partial charge in [-0.2, -0.15) is 4.98 Å². The SMILES string of the molecule is Cc1nc(CNCc2ccc(Br)c([N+](=O)[O-])c2)no1. The minimum Gasteiger partial charge on any atom is -0.340 e. The van der Waals surface area contributed by atoms with Crippen molar-refractivity contribution < 1.29 is 9.45 Å². The van der Waals surface area contributed by atoms with Crippen molar-refractivity contribution in [3.05, 3.63) is 50.1 Å². The lowest BCUT2D eigenvalue weighted by Crippen LogP contribution is -2.13. The van der Waals surface area contributed by atoms with Crippen molar-refractivity contribution >= 4 is 21.6 Å². The fraction of sp³-hybridized carbons (Fsp3) is 0.273. The molecular weight excluding hydrogens is 316 g/mol. The highest BCUT2D eigenvalue weighted by Crippen LogP contribution is 2.25. The second-order valence-corrected chi connectivity index (χ2v) is 4.73. The Morgan fingerprint density at radius 2 is 2.26 bits per heavy atom. The number of rotatable bonds is 5. The molecule has 0 amide bonds. The molecule has 2 aromatic rings. The monoisotopic (exact) mass is 326 g/mol. The molecule has 19 heavy (non-hydrogen) atoms. The topological polar surface area (TPSA) is 94.1 Å². The van der Waals surface area contributed by atoms with Crippen molar-refractivity contribution in [2.24, 2.45) is 0 Å². The second-order valence-electron chi connectivity index (χ2n) is 3.88. The van der Waals surface area contributed by atoms with Crippen LogP contribution in [0.5, 0.6) is 0 Å². The van der Waals surface area contributed by atoms with E-state index < -0.39 is 4.92 Å². The van der Waals surface area contributed by atoms with Crippen LogP contribution >= 0.6 is 15.9 Å². The number of aryl methyl sites for hydroxylation is 1. The number of nitrogens with zero attached hydrogens (tertiary/aromatic N) is 3. The van der Waals surface area contributed by atoms with E-state index in [2.05, 4.69) is 31.4 Å². The van der Waals surface area contributed by atoms with E-state index in [0.717, 1.165) is 5.56 Å². The van der Waals surface area contributed by atoms with Gasteiger partial charge >= 0.3 is 0 Å². The molecule has 0 atom stereocenters. The van der Waals surface area contributed by atoms with E-state index in [4.69, 9.17) is 4.52 Å². The van der Waals surface area contributed by atoms with E-state index in [1.165, 1.54) is 6.07 Å². The van der Waals surface area contributed by atoms with E-state index in [-0.39, 0.29) is 5.69 Å². The lowest BCUT2D eigenvalue weighted by atomic mass is 10.2. The molecule has 2 rings (SSSR count). The summed E-state index contributed by atoms with van der Waals surface area (Å²) in [5.41, 5.74) is 0.866. The first-order chi connectivity index (χ1) is 9.06. The van der Waals surface area contributed by atoms with E-state index in [1.807, 2.05) is 6.07 Å². The first-order valence-corrected chi connectivity index (χ1v) is 6.28. The summed E-state index contributed by atoms with van der Waals surface area (Å²) in [4.78, 5) is 14.4. The summed E-state index contributed by atoms with van der Waals surface area (Å²) in [6.07, 6.45) is 0. The van der Waals surface area contributed by atoms with E-state index >= 15 is 0 Å². The van der Waals surface area contributed by atoms with Gasteiger partial charge in [0.25, 0.3) is 5.69 Å². The Bertz CT molecular complexity index is 599. The maximum absolute atomic E-state index is 10.8. The first-order valence-electron chi connectivity index (χ1n) is 5.49. The Morgan fingerprint density at radius 3 is 2.89 bits per heavy atom. The standard InChI is InChI=1S/C11H11BrN4O3/c1-7-14-11(15-19-7)6-13-5-8-2-3-9(12)10(4-8)16(17)18/h2-4,13H,5-6H2,1H3. The van der Waals surface area contributed by atoms with Crippen molar-refractivity contribution in [3.63, 3.8) is 0 Å². The van der Waals surface area contributed by atoms with E-state index in [0.29, 0.717) is 29.3 Å². The average Bonchev–Trinajstić information content (AvgIpc) is 2.77. The Balaban J connectivity index is 1.96. The molecule has 0 spiro atoms. The van der Waals surface area contributed by atoms with Gasteiger partial charge in [-0.25, -0.2) is 0 Å². The Morgan fingerprint density at radius 1 is 1.47 bits per heavy atom. The van der Waals surface area contributed by atoms with Gasteiger partial charge in [0.05, 0.1) is 15.9 Å². The second kappa shape index (κ2) is 5.89. The van der Waals surface area contributed by atoms with Gasteiger partial charge in [0.15, 0.2) is 5.82 Å². The number of hydrogen-bond donors (Lipinski definition) is 1. The number of nitro groups is 1. The molecule has 0 saturated heterocycles. The lowest BCUT2D eigenvalue weighted by Gasteiger charge is -2.03. The molecule has 0 fully saturated rings. The van der Waals surface area contributed by atoms with Crippen LogP contribution in [-0.4, -0.2) is 15.1 Å². The highest BCUT2D eigenvalue weighted by Gasteiger charge is 2.12. The molecule has 1 N–H and O–H groups in total. The number of nitrogens with one attached hydrogen (secondary N) is 1. The fourth-order valence-corrected chi connectivity index (χ4v) is 1.93. The minimum atomic E-state index is -0.421. The molecule has 0 unspecified atom stereocenters. The number of nitro benzene ring substituents is 1. The van der Waals surface area contributed by atoms with Crippen molar-refractivity contribution in [1.82, 2.24) is 15.5 Å². The molecule has 8 heteroatoms. The van der Waals surface area contributed by atoms with Crippen LogP contribution in [0, 0.1) is 17.0 Å². The molecule has 1 aromatic carbocycles. The molecule has 0 aliphatic heterocycles. The van der Waals surface area contributed by atoms with Gasteiger partial charge in [-0.05, 0) is 27.6 Å². The zero-order chi connectivity index (χ0) is 13.8. The third-order valence-corrected chi connectivity index (χ3v) is 3.06. The van der Waals surface area contributed by atoms with Crippen LogP contribution in [0.3, 0.4) is 0 Å². The summed E-state index contributed by atoms with van der Waals surface area (Å²) in [5, 5.41) is 17.6. The van der Waals surface area contributed by atoms with Crippen LogP contribution in [0.2, 0.25) is 0 Å². The number of benzene rings is 1. The van der Waals surface area contributed by atoms with Gasteiger partial charge in [-0.15, -0.1) is 0 Å². The highest BCUT2D eigenvalue weighted by molar-refractivity contribution is 9.10. The maximum atomic E-state index is 10.8. The predicted molar refractivity (Wildman–Crippen MR) is 70.4 cm³/mol. The van der Waals surface area contributed by atoms with Crippen LogP contribution in [0.1, 0.15) is 17.3 Å². The molecular formula is C11H11BrN4O3. The predicted octanol–water partition coefficient (Wildman–Crippen LogP) is 2.34. The van der Waals surface area contributed by atoms with Crippen LogP contribution in [0.4, 0.5) is 5.69 Å². The molecule has 0 radical (unpaired) electrons. The molecule has 1 heterocycles. The van der Waals surface area contributed by atoms with Gasteiger partial charge in [-0.1, -0.05) is 11.2 Å². The lowest BCUT2D eigenvalue weighted by molar-refractivity contribution is -0.385. The molecule has 1 aromatic heterocycles. The molecule has 0 aliphatic carbocycles. The zero-order valence-electron chi connectivity index (χ0n) is 10.1. The quantitative estimate of drug-likeness (QED) is 0.669. The van der Waals surface area contributed by atoms with Crippen LogP contribution in [0.15, 0.2) is 27.2 Å². The highest BCUT2D eigenvalue weighted by atomic mass is 79.9.